The predicted molar refractivity (Wildman–Crippen MR) is 66.8 cm³/mol. The number of thiophene rings is 1. The normalized spacial score (nSPS) is 12.9. The number of fused-ring (bicyclic) bond motifs is 1. The van der Waals surface area contributed by atoms with E-state index in [2.05, 4.69) is 0 Å². The van der Waals surface area contributed by atoms with Crippen LogP contribution in [0.4, 0.5) is 0 Å². The first-order valence-electron chi connectivity index (χ1n) is 5.25. The van der Waals surface area contributed by atoms with Gasteiger partial charge in [-0.15, -0.1) is 11.3 Å². The zero-order chi connectivity index (χ0) is 11.7. The second-order valence-electron chi connectivity index (χ2n) is 4.01. The summed E-state index contributed by atoms with van der Waals surface area (Å²) in [4.78, 5) is 11.9. The molecule has 0 spiro atoms. The fourth-order valence-corrected chi connectivity index (χ4v) is 3.07. The van der Waals surface area contributed by atoms with Crippen LogP contribution in [0.2, 0.25) is 0 Å². The highest BCUT2D eigenvalue weighted by Crippen LogP contribution is 2.35. The lowest BCUT2D eigenvalue weighted by atomic mass is 10.1. The van der Waals surface area contributed by atoms with Crippen molar-refractivity contribution in [1.82, 2.24) is 0 Å². The molecule has 0 saturated heterocycles. The van der Waals surface area contributed by atoms with E-state index in [-0.39, 0.29) is 12.2 Å². The number of hydrogen-bond acceptors (Lipinski definition) is 3. The number of aliphatic hydroxyl groups is 1. The SMILES string of the molecule is CC(=O)C[C@@H](O)c1sc2ccccc2c1C. The molecule has 0 bridgehead atoms. The fourth-order valence-electron chi connectivity index (χ4n) is 1.88. The topological polar surface area (TPSA) is 37.3 Å². The second kappa shape index (κ2) is 4.36. The minimum atomic E-state index is -0.658. The minimum Gasteiger partial charge on any atom is -0.387 e. The third-order valence-electron chi connectivity index (χ3n) is 2.66. The number of hydrogen-bond donors (Lipinski definition) is 1. The number of aliphatic hydroxyl groups excluding tert-OH is 1. The lowest BCUT2D eigenvalue weighted by Gasteiger charge is -2.06. The molecular formula is C13H14O2S. The van der Waals surface area contributed by atoms with E-state index < -0.39 is 6.10 Å². The van der Waals surface area contributed by atoms with E-state index in [4.69, 9.17) is 0 Å². The Morgan fingerprint density at radius 1 is 1.44 bits per heavy atom. The second-order valence-corrected chi connectivity index (χ2v) is 5.09. The van der Waals surface area contributed by atoms with Crippen LogP contribution in [-0.4, -0.2) is 10.9 Å². The Balaban J connectivity index is 2.45. The van der Waals surface area contributed by atoms with Gasteiger partial charge in [-0.1, -0.05) is 18.2 Å². The molecule has 0 aliphatic heterocycles. The van der Waals surface area contributed by atoms with E-state index in [0.717, 1.165) is 15.1 Å². The molecule has 1 heterocycles. The molecule has 0 unspecified atom stereocenters. The molecule has 2 aromatic rings. The van der Waals surface area contributed by atoms with E-state index in [1.54, 1.807) is 11.3 Å². The van der Waals surface area contributed by atoms with Crippen molar-refractivity contribution in [2.45, 2.75) is 26.4 Å². The molecule has 1 aromatic heterocycles. The molecule has 16 heavy (non-hydrogen) atoms. The highest BCUT2D eigenvalue weighted by atomic mass is 32.1. The Morgan fingerprint density at radius 2 is 2.12 bits per heavy atom. The number of ketones is 1. The van der Waals surface area contributed by atoms with Crippen LogP contribution in [0.5, 0.6) is 0 Å². The Labute approximate surface area is 98.5 Å². The predicted octanol–water partition coefficient (Wildman–Crippen LogP) is 3.22. The van der Waals surface area contributed by atoms with Crippen molar-refractivity contribution in [2.24, 2.45) is 0 Å². The Kier molecular flexibility index (Phi) is 3.08. The van der Waals surface area contributed by atoms with E-state index in [1.165, 1.54) is 12.3 Å². The summed E-state index contributed by atoms with van der Waals surface area (Å²) in [5.74, 6) is 0.0179. The highest BCUT2D eigenvalue weighted by Gasteiger charge is 2.17. The Bertz CT molecular complexity index is 528. The van der Waals surface area contributed by atoms with Crippen LogP contribution in [0.1, 0.15) is 29.9 Å². The summed E-state index contributed by atoms with van der Waals surface area (Å²) in [6, 6.07) is 8.06. The van der Waals surface area contributed by atoms with Crippen LogP contribution in [0.15, 0.2) is 24.3 Å². The fraction of sp³-hybridized carbons (Fsp3) is 0.308. The molecule has 0 radical (unpaired) electrons. The van der Waals surface area contributed by atoms with Gasteiger partial charge in [0.15, 0.2) is 0 Å². The standard InChI is InChI=1S/C13H14O2S/c1-8(14)7-11(15)13-9(2)10-5-3-4-6-12(10)16-13/h3-6,11,15H,7H2,1-2H3/t11-/m1/s1. The Morgan fingerprint density at radius 3 is 2.75 bits per heavy atom. The van der Waals surface area contributed by atoms with Crippen molar-refractivity contribution in [2.75, 3.05) is 0 Å². The van der Waals surface area contributed by atoms with E-state index >= 15 is 0 Å². The molecule has 1 aromatic carbocycles. The molecule has 0 fully saturated rings. The van der Waals surface area contributed by atoms with Crippen LogP contribution >= 0.6 is 11.3 Å². The summed E-state index contributed by atoms with van der Waals surface area (Å²) < 4.78 is 1.16. The summed E-state index contributed by atoms with van der Waals surface area (Å²) in [6.45, 7) is 3.50. The zero-order valence-corrected chi connectivity index (χ0v) is 10.2. The first-order chi connectivity index (χ1) is 7.59. The maximum atomic E-state index is 11.0. The van der Waals surface area contributed by atoms with Gasteiger partial charge in [-0.3, -0.25) is 4.79 Å². The molecule has 0 aliphatic rings. The molecule has 0 saturated carbocycles. The largest absolute Gasteiger partial charge is 0.387 e. The number of rotatable bonds is 3. The van der Waals surface area contributed by atoms with Gasteiger partial charge in [0.1, 0.15) is 5.78 Å². The zero-order valence-electron chi connectivity index (χ0n) is 9.36. The highest BCUT2D eigenvalue weighted by molar-refractivity contribution is 7.19. The van der Waals surface area contributed by atoms with Crippen molar-refractivity contribution >= 4 is 27.2 Å². The number of aryl methyl sites for hydroxylation is 1. The molecule has 0 amide bonds. The van der Waals surface area contributed by atoms with Gasteiger partial charge in [-0.05, 0) is 30.9 Å². The first kappa shape index (κ1) is 11.3. The third kappa shape index (κ3) is 2.01. The summed E-state index contributed by atoms with van der Waals surface area (Å²) >= 11 is 1.57. The summed E-state index contributed by atoms with van der Waals surface area (Å²) in [5, 5.41) is 11.1. The van der Waals surface area contributed by atoms with Gasteiger partial charge in [-0.25, -0.2) is 0 Å². The molecule has 84 valence electrons. The van der Waals surface area contributed by atoms with Crippen molar-refractivity contribution in [1.29, 1.82) is 0 Å². The van der Waals surface area contributed by atoms with Gasteiger partial charge < -0.3 is 5.11 Å². The number of benzene rings is 1. The lowest BCUT2D eigenvalue weighted by molar-refractivity contribution is -0.118. The molecule has 1 atom stereocenters. The van der Waals surface area contributed by atoms with Crippen LogP contribution in [0.25, 0.3) is 10.1 Å². The van der Waals surface area contributed by atoms with E-state index in [1.807, 2.05) is 31.2 Å². The molecular weight excluding hydrogens is 220 g/mol. The summed E-state index contributed by atoms with van der Waals surface area (Å²) in [7, 11) is 0. The van der Waals surface area contributed by atoms with Crippen LogP contribution < -0.4 is 0 Å². The third-order valence-corrected chi connectivity index (χ3v) is 4.04. The monoisotopic (exact) mass is 234 g/mol. The van der Waals surface area contributed by atoms with Crippen LogP contribution in [0, 0.1) is 6.92 Å². The molecule has 2 rings (SSSR count). The van der Waals surface area contributed by atoms with E-state index in [0.29, 0.717) is 0 Å². The molecule has 1 N–H and O–H groups in total. The average molecular weight is 234 g/mol. The van der Waals surface area contributed by atoms with Crippen molar-refractivity contribution < 1.29 is 9.90 Å². The van der Waals surface area contributed by atoms with Gasteiger partial charge in [-0.2, -0.15) is 0 Å². The van der Waals surface area contributed by atoms with Gasteiger partial charge in [0.25, 0.3) is 0 Å². The smallest absolute Gasteiger partial charge is 0.132 e. The molecule has 0 aliphatic carbocycles. The first-order valence-corrected chi connectivity index (χ1v) is 6.06. The average Bonchev–Trinajstić information content (AvgIpc) is 2.56. The van der Waals surface area contributed by atoms with Crippen molar-refractivity contribution in [3.63, 3.8) is 0 Å². The molecule has 2 nitrogen and oxygen atoms in total. The van der Waals surface area contributed by atoms with Crippen LogP contribution in [-0.2, 0) is 4.79 Å². The van der Waals surface area contributed by atoms with Crippen molar-refractivity contribution in [3.8, 4) is 0 Å². The molecule has 3 heteroatoms. The van der Waals surface area contributed by atoms with Gasteiger partial charge >= 0.3 is 0 Å². The summed E-state index contributed by atoms with van der Waals surface area (Å²) in [5.41, 5.74) is 1.09. The quantitative estimate of drug-likeness (QED) is 0.885. The summed E-state index contributed by atoms with van der Waals surface area (Å²) in [6.07, 6.45) is -0.455. The van der Waals surface area contributed by atoms with E-state index in [9.17, 15) is 9.90 Å². The maximum absolute atomic E-state index is 11.0. The maximum Gasteiger partial charge on any atom is 0.132 e. The number of Topliss-reactive ketones (excluding diaryl/α,β-unsaturated/α-hetero) is 1. The number of carbonyl (C=O) groups is 1. The van der Waals surface area contributed by atoms with Gasteiger partial charge in [0.2, 0.25) is 0 Å². The van der Waals surface area contributed by atoms with Crippen molar-refractivity contribution in [3.05, 3.63) is 34.7 Å². The number of carbonyl (C=O) groups excluding carboxylic acids is 1. The van der Waals surface area contributed by atoms with Gasteiger partial charge in [0, 0.05) is 16.0 Å². The van der Waals surface area contributed by atoms with Gasteiger partial charge in [0.05, 0.1) is 6.10 Å². The van der Waals surface area contributed by atoms with Crippen LogP contribution in [0.3, 0.4) is 0 Å². The minimum absolute atomic E-state index is 0.0179. The lowest BCUT2D eigenvalue weighted by Crippen LogP contribution is -2.02. The Hall–Kier alpha value is -1.19.